The van der Waals surface area contributed by atoms with Crippen molar-refractivity contribution in [2.45, 2.75) is 31.3 Å². The molecule has 128 valence electrons. The summed E-state index contributed by atoms with van der Waals surface area (Å²) in [7, 11) is 0. The first kappa shape index (κ1) is 16.4. The average Bonchev–Trinajstić information content (AvgIpc) is 3.19. The van der Waals surface area contributed by atoms with Crippen molar-refractivity contribution in [1.29, 1.82) is 0 Å². The van der Waals surface area contributed by atoms with Gasteiger partial charge < -0.3 is 5.32 Å². The molecule has 0 aliphatic carbocycles. The molecule has 1 aromatic carbocycles. The molecular weight excluding hydrogens is 350 g/mol. The summed E-state index contributed by atoms with van der Waals surface area (Å²) in [6.07, 6.45) is 0. The second-order valence-corrected chi connectivity index (χ2v) is 8.53. The van der Waals surface area contributed by atoms with E-state index in [-0.39, 0.29) is 16.4 Å². The molecule has 0 radical (unpaired) electrons. The number of aryl methyl sites for hydroxylation is 2. The van der Waals surface area contributed by atoms with Crippen LogP contribution >= 0.6 is 23.1 Å². The lowest BCUT2D eigenvalue weighted by Crippen LogP contribution is -2.22. The molecule has 4 rings (SSSR count). The number of aromatic nitrogens is 2. The van der Waals surface area contributed by atoms with Crippen molar-refractivity contribution in [3.05, 3.63) is 63.5 Å². The van der Waals surface area contributed by atoms with Crippen LogP contribution in [0.2, 0.25) is 0 Å². The van der Waals surface area contributed by atoms with Gasteiger partial charge in [-0.2, -0.15) is 16.4 Å². The molecule has 0 bridgehead atoms. The fourth-order valence-electron chi connectivity index (χ4n) is 3.07. The Morgan fingerprint density at radius 3 is 2.60 bits per heavy atom. The SMILES string of the molecule is Cc1ccc(-n2nc(C)c3c2NC(=O)C(C)SC3c2ccsc2)cc1. The van der Waals surface area contributed by atoms with Crippen molar-refractivity contribution in [1.82, 2.24) is 9.78 Å². The van der Waals surface area contributed by atoms with Gasteiger partial charge in [0.1, 0.15) is 5.82 Å². The summed E-state index contributed by atoms with van der Waals surface area (Å²) >= 11 is 3.36. The molecule has 4 nitrogen and oxygen atoms in total. The number of fused-ring (bicyclic) bond motifs is 1. The summed E-state index contributed by atoms with van der Waals surface area (Å²) < 4.78 is 1.86. The largest absolute Gasteiger partial charge is 0.309 e. The third-order valence-electron chi connectivity index (χ3n) is 4.44. The Balaban J connectivity index is 1.90. The summed E-state index contributed by atoms with van der Waals surface area (Å²) in [4.78, 5) is 12.6. The van der Waals surface area contributed by atoms with Crippen LogP contribution < -0.4 is 5.32 Å². The maximum Gasteiger partial charge on any atom is 0.238 e. The topological polar surface area (TPSA) is 46.9 Å². The second-order valence-electron chi connectivity index (χ2n) is 6.30. The molecule has 3 aromatic rings. The van der Waals surface area contributed by atoms with Gasteiger partial charge in [-0.05, 0) is 55.3 Å². The predicted molar refractivity (Wildman–Crippen MR) is 105 cm³/mol. The number of benzene rings is 1. The quantitative estimate of drug-likeness (QED) is 0.711. The zero-order valence-corrected chi connectivity index (χ0v) is 15.9. The highest BCUT2D eigenvalue weighted by atomic mass is 32.2. The minimum atomic E-state index is -0.122. The van der Waals surface area contributed by atoms with E-state index in [0.29, 0.717) is 0 Å². The highest BCUT2D eigenvalue weighted by Crippen LogP contribution is 2.46. The van der Waals surface area contributed by atoms with E-state index >= 15 is 0 Å². The van der Waals surface area contributed by atoms with Crippen LogP contribution in [0.25, 0.3) is 5.69 Å². The number of carbonyl (C=O) groups is 1. The van der Waals surface area contributed by atoms with E-state index in [2.05, 4.69) is 41.2 Å². The minimum Gasteiger partial charge on any atom is -0.309 e. The Hall–Kier alpha value is -2.05. The third-order valence-corrected chi connectivity index (χ3v) is 6.55. The van der Waals surface area contributed by atoms with Gasteiger partial charge in [0.05, 0.1) is 21.9 Å². The van der Waals surface area contributed by atoms with Crippen LogP contribution in [0.15, 0.2) is 41.1 Å². The van der Waals surface area contributed by atoms with Gasteiger partial charge in [-0.15, -0.1) is 11.8 Å². The first-order valence-electron chi connectivity index (χ1n) is 8.19. The molecule has 1 amide bonds. The van der Waals surface area contributed by atoms with Gasteiger partial charge >= 0.3 is 0 Å². The summed E-state index contributed by atoms with van der Waals surface area (Å²) in [5, 5.41) is 12.1. The van der Waals surface area contributed by atoms with E-state index in [4.69, 9.17) is 5.10 Å². The van der Waals surface area contributed by atoms with Gasteiger partial charge in [-0.3, -0.25) is 4.79 Å². The van der Waals surface area contributed by atoms with Gasteiger partial charge in [0.25, 0.3) is 0 Å². The molecular formula is C19H19N3OS2. The molecule has 0 saturated heterocycles. The fraction of sp³-hybridized carbons (Fsp3) is 0.263. The van der Waals surface area contributed by atoms with E-state index < -0.39 is 0 Å². The molecule has 1 N–H and O–H groups in total. The van der Waals surface area contributed by atoms with E-state index in [1.807, 2.05) is 30.7 Å². The third kappa shape index (κ3) is 2.89. The lowest BCUT2D eigenvalue weighted by Gasteiger charge is -2.15. The van der Waals surface area contributed by atoms with Crippen molar-refractivity contribution in [2.24, 2.45) is 0 Å². The van der Waals surface area contributed by atoms with Crippen molar-refractivity contribution in [3.8, 4) is 5.69 Å². The maximum absolute atomic E-state index is 12.6. The number of hydrogen-bond donors (Lipinski definition) is 1. The highest BCUT2D eigenvalue weighted by Gasteiger charge is 2.34. The zero-order valence-electron chi connectivity index (χ0n) is 14.3. The molecule has 0 fully saturated rings. The number of nitrogens with zero attached hydrogens (tertiary/aromatic N) is 2. The van der Waals surface area contributed by atoms with E-state index in [9.17, 15) is 4.79 Å². The number of thiophene rings is 1. The van der Waals surface area contributed by atoms with Crippen molar-refractivity contribution in [2.75, 3.05) is 5.32 Å². The number of hydrogen-bond acceptors (Lipinski definition) is 4. The average molecular weight is 370 g/mol. The number of thioether (sulfide) groups is 1. The Morgan fingerprint density at radius 2 is 1.92 bits per heavy atom. The van der Waals surface area contributed by atoms with Crippen LogP contribution in [0.4, 0.5) is 5.82 Å². The smallest absolute Gasteiger partial charge is 0.238 e. The normalized spacial score (nSPS) is 20.0. The van der Waals surface area contributed by atoms with Gasteiger partial charge in [0.15, 0.2) is 0 Å². The Morgan fingerprint density at radius 1 is 1.16 bits per heavy atom. The van der Waals surface area contributed by atoms with Crippen LogP contribution in [0.3, 0.4) is 0 Å². The molecule has 1 aliphatic heterocycles. The Labute approximate surface area is 155 Å². The van der Waals surface area contributed by atoms with Crippen molar-refractivity contribution < 1.29 is 4.79 Å². The molecule has 25 heavy (non-hydrogen) atoms. The standard InChI is InChI=1S/C19H19N3OS2/c1-11-4-6-15(7-5-11)22-18-16(12(2)21-22)17(14-8-9-24-10-14)25-13(3)19(23)20-18/h4-10,13,17H,1-3H3,(H,20,23). The molecule has 6 heteroatoms. The number of nitrogens with one attached hydrogen (secondary N) is 1. The molecule has 0 saturated carbocycles. The molecule has 2 atom stereocenters. The van der Waals surface area contributed by atoms with Crippen LogP contribution in [-0.4, -0.2) is 20.9 Å². The van der Waals surface area contributed by atoms with E-state index in [0.717, 1.165) is 22.8 Å². The highest BCUT2D eigenvalue weighted by molar-refractivity contribution is 8.01. The van der Waals surface area contributed by atoms with Crippen LogP contribution in [-0.2, 0) is 4.79 Å². The molecule has 1 aliphatic rings. The zero-order chi connectivity index (χ0) is 17.6. The van der Waals surface area contributed by atoms with Crippen LogP contribution in [0.5, 0.6) is 0 Å². The number of carbonyl (C=O) groups excluding carboxylic acids is 1. The van der Waals surface area contributed by atoms with Crippen molar-refractivity contribution >= 4 is 34.8 Å². The van der Waals surface area contributed by atoms with Gasteiger partial charge in [0, 0.05) is 5.56 Å². The number of anilines is 1. The minimum absolute atomic E-state index is 0.0252. The lowest BCUT2D eigenvalue weighted by atomic mass is 10.1. The fourth-order valence-corrected chi connectivity index (χ4v) is 5.15. The maximum atomic E-state index is 12.6. The lowest BCUT2D eigenvalue weighted by molar-refractivity contribution is -0.115. The first-order valence-corrected chi connectivity index (χ1v) is 10.1. The number of rotatable bonds is 2. The predicted octanol–water partition coefficient (Wildman–Crippen LogP) is 4.71. The first-order chi connectivity index (χ1) is 12.0. The van der Waals surface area contributed by atoms with Gasteiger partial charge in [-0.25, -0.2) is 4.68 Å². The number of amides is 1. The summed E-state index contributed by atoms with van der Waals surface area (Å²) in [5.41, 5.74) is 5.43. The van der Waals surface area contributed by atoms with Gasteiger partial charge in [0.2, 0.25) is 5.91 Å². The van der Waals surface area contributed by atoms with Crippen LogP contribution in [0, 0.1) is 13.8 Å². The molecule has 2 aromatic heterocycles. The molecule has 3 heterocycles. The summed E-state index contributed by atoms with van der Waals surface area (Å²) in [6.45, 7) is 6.04. The van der Waals surface area contributed by atoms with E-state index in [1.165, 1.54) is 11.1 Å². The summed E-state index contributed by atoms with van der Waals surface area (Å²) in [6, 6.07) is 10.3. The van der Waals surface area contributed by atoms with Crippen molar-refractivity contribution in [3.63, 3.8) is 0 Å². The van der Waals surface area contributed by atoms with Gasteiger partial charge in [-0.1, -0.05) is 17.7 Å². The Bertz CT molecular complexity index is 913. The second kappa shape index (κ2) is 6.35. The summed E-state index contributed by atoms with van der Waals surface area (Å²) in [5.74, 6) is 0.816. The monoisotopic (exact) mass is 369 g/mol. The van der Waals surface area contributed by atoms with Crippen LogP contribution in [0.1, 0.15) is 34.6 Å². The Kier molecular flexibility index (Phi) is 4.17. The van der Waals surface area contributed by atoms with E-state index in [1.54, 1.807) is 23.1 Å². The molecule has 2 unspecified atom stereocenters. The molecule has 0 spiro atoms.